The number of aliphatic hydroxyl groups excluding tert-OH is 1. The van der Waals surface area contributed by atoms with Gasteiger partial charge in [0.2, 0.25) is 0 Å². The molecule has 7 nitrogen and oxygen atoms in total. The monoisotopic (exact) mass is 228 g/mol. The fraction of sp³-hybridized carbons (Fsp3) is 0.444. The number of carboxylic acids is 1. The second-order valence-electron chi connectivity index (χ2n) is 3.59. The fourth-order valence-electron chi connectivity index (χ4n) is 1.50. The number of hydrogen-bond donors (Lipinski definition) is 3. The summed E-state index contributed by atoms with van der Waals surface area (Å²) in [6, 6.07) is -1.05. The van der Waals surface area contributed by atoms with E-state index in [0.29, 0.717) is 0 Å². The van der Waals surface area contributed by atoms with Gasteiger partial charge in [-0.25, -0.2) is 0 Å². The molecule has 0 saturated heterocycles. The summed E-state index contributed by atoms with van der Waals surface area (Å²) in [7, 11) is 0. The minimum Gasteiger partial charge on any atom is -0.502 e. The number of allylic oxidation sites excluding steroid dienone is 3. The van der Waals surface area contributed by atoms with Crippen LogP contribution in [0.1, 0.15) is 12.8 Å². The lowest BCUT2D eigenvalue weighted by atomic mass is 9.91. The highest BCUT2D eigenvalue weighted by Gasteiger charge is 2.27. The SMILES string of the molecule is N[C@@H](CC1C=CC(O)=C([N+](=O)[O-])C1)C(=O)O. The Hall–Kier alpha value is -1.89. The van der Waals surface area contributed by atoms with Crippen LogP contribution in [0.4, 0.5) is 0 Å². The second kappa shape index (κ2) is 4.75. The molecule has 1 aliphatic rings. The van der Waals surface area contributed by atoms with Crippen LogP contribution in [0, 0.1) is 16.0 Å². The third-order valence-corrected chi connectivity index (χ3v) is 2.37. The minimum atomic E-state index is -1.14. The summed E-state index contributed by atoms with van der Waals surface area (Å²) in [5, 5.41) is 28.3. The van der Waals surface area contributed by atoms with Gasteiger partial charge >= 0.3 is 5.97 Å². The van der Waals surface area contributed by atoms with Crippen molar-refractivity contribution >= 4 is 5.97 Å². The number of nitro groups is 1. The molecule has 4 N–H and O–H groups in total. The van der Waals surface area contributed by atoms with Gasteiger partial charge in [0, 0.05) is 6.42 Å². The Morgan fingerprint density at radius 3 is 2.88 bits per heavy atom. The first-order valence-electron chi connectivity index (χ1n) is 4.65. The van der Waals surface area contributed by atoms with E-state index < -0.39 is 16.9 Å². The Morgan fingerprint density at radius 1 is 1.75 bits per heavy atom. The average Bonchev–Trinajstić information content (AvgIpc) is 2.20. The van der Waals surface area contributed by atoms with Crippen molar-refractivity contribution in [1.82, 2.24) is 0 Å². The molecule has 0 fully saturated rings. The van der Waals surface area contributed by atoms with Crippen molar-refractivity contribution in [2.24, 2.45) is 11.7 Å². The number of carbonyl (C=O) groups is 1. The summed E-state index contributed by atoms with van der Waals surface area (Å²) in [5.74, 6) is -1.86. The summed E-state index contributed by atoms with van der Waals surface area (Å²) in [6.45, 7) is 0. The molecule has 0 aromatic heterocycles. The molecule has 0 radical (unpaired) electrons. The Kier molecular flexibility index (Phi) is 3.62. The molecular weight excluding hydrogens is 216 g/mol. The van der Waals surface area contributed by atoms with Crippen molar-refractivity contribution in [2.75, 3.05) is 0 Å². The van der Waals surface area contributed by atoms with E-state index in [1.807, 2.05) is 0 Å². The second-order valence-corrected chi connectivity index (χ2v) is 3.59. The van der Waals surface area contributed by atoms with Crippen LogP contribution in [-0.2, 0) is 4.79 Å². The number of hydrogen-bond acceptors (Lipinski definition) is 5. The maximum Gasteiger partial charge on any atom is 0.320 e. The van der Waals surface area contributed by atoms with E-state index in [0.717, 1.165) is 0 Å². The summed E-state index contributed by atoms with van der Waals surface area (Å²) in [5.41, 5.74) is 5.02. The molecule has 0 amide bonds. The number of aliphatic carboxylic acids is 1. The Bertz CT molecular complexity index is 374. The van der Waals surface area contributed by atoms with Gasteiger partial charge in [-0.1, -0.05) is 6.08 Å². The number of aliphatic hydroxyl groups is 1. The fourth-order valence-corrected chi connectivity index (χ4v) is 1.50. The number of nitrogens with zero attached hydrogens (tertiary/aromatic N) is 1. The van der Waals surface area contributed by atoms with Gasteiger partial charge in [0.15, 0.2) is 5.76 Å². The molecule has 0 saturated carbocycles. The molecule has 1 rings (SSSR count). The van der Waals surface area contributed by atoms with Crippen molar-refractivity contribution in [2.45, 2.75) is 18.9 Å². The van der Waals surface area contributed by atoms with Gasteiger partial charge in [-0.3, -0.25) is 14.9 Å². The molecule has 0 aromatic rings. The molecule has 0 aliphatic heterocycles. The normalized spacial score (nSPS) is 21.9. The van der Waals surface area contributed by atoms with Crippen LogP contribution >= 0.6 is 0 Å². The van der Waals surface area contributed by atoms with E-state index in [4.69, 9.17) is 10.8 Å². The predicted molar refractivity (Wildman–Crippen MR) is 54.1 cm³/mol. The lowest BCUT2D eigenvalue weighted by molar-refractivity contribution is -0.431. The van der Waals surface area contributed by atoms with Crippen molar-refractivity contribution in [1.29, 1.82) is 0 Å². The zero-order chi connectivity index (χ0) is 12.3. The van der Waals surface area contributed by atoms with E-state index in [-0.39, 0.29) is 30.2 Å². The zero-order valence-electron chi connectivity index (χ0n) is 8.37. The van der Waals surface area contributed by atoms with Crippen LogP contribution in [0.3, 0.4) is 0 Å². The number of rotatable bonds is 4. The average molecular weight is 228 g/mol. The van der Waals surface area contributed by atoms with Gasteiger partial charge in [0.25, 0.3) is 5.70 Å². The van der Waals surface area contributed by atoms with Crippen molar-refractivity contribution in [3.05, 3.63) is 33.7 Å². The Labute approximate surface area is 91.0 Å². The number of nitrogens with two attached hydrogens (primary N) is 1. The molecule has 1 aliphatic carbocycles. The molecule has 0 spiro atoms. The first kappa shape index (κ1) is 12.2. The van der Waals surface area contributed by atoms with Crippen LogP contribution < -0.4 is 5.73 Å². The summed E-state index contributed by atoms with van der Waals surface area (Å²) >= 11 is 0. The quantitative estimate of drug-likeness (QED) is 0.472. The first-order chi connectivity index (χ1) is 7.41. The highest BCUT2D eigenvalue weighted by Crippen LogP contribution is 2.25. The van der Waals surface area contributed by atoms with Gasteiger partial charge < -0.3 is 15.9 Å². The van der Waals surface area contributed by atoms with Gasteiger partial charge in [-0.15, -0.1) is 0 Å². The molecule has 0 aromatic carbocycles. The predicted octanol–water partition coefficient (Wildman–Crippen LogP) is 0.411. The van der Waals surface area contributed by atoms with Crippen LogP contribution in [0.2, 0.25) is 0 Å². The molecule has 1 unspecified atom stereocenters. The van der Waals surface area contributed by atoms with Gasteiger partial charge in [0.1, 0.15) is 6.04 Å². The summed E-state index contributed by atoms with van der Waals surface area (Å²) in [6.07, 6.45) is 2.85. The zero-order valence-corrected chi connectivity index (χ0v) is 8.37. The third-order valence-electron chi connectivity index (χ3n) is 2.37. The molecule has 7 heteroatoms. The highest BCUT2D eigenvalue weighted by atomic mass is 16.6. The topological polar surface area (TPSA) is 127 Å². The van der Waals surface area contributed by atoms with Crippen LogP contribution in [0.5, 0.6) is 0 Å². The number of carboxylic acid groups (broad SMARTS) is 1. The van der Waals surface area contributed by atoms with Crippen molar-refractivity contribution < 1.29 is 19.9 Å². The van der Waals surface area contributed by atoms with Crippen molar-refractivity contribution in [3.8, 4) is 0 Å². The molecule has 16 heavy (non-hydrogen) atoms. The van der Waals surface area contributed by atoms with Crippen LogP contribution in [-0.4, -0.2) is 27.1 Å². The highest BCUT2D eigenvalue weighted by molar-refractivity contribution is 5.73. The molecule has 0 heterocycles. The summed E-state index contributed by atoms with van der Waals surface area (Å²) < 4.78 is 0. The third kappa shape index (κ3) is 2.80. The van der Waals surface area contributed by atoms with E-state index >= 15 is 0 Å². The molecule has 0 bridgehead atoms. The maximum atomic E-state index is 10.5. The Balaban J connectivity index is 2.68. The van der Waals surface area contributed by atoms with E-state index in [2.05, 4.69) is 0 Å². The Morgan fingerprint density at radius 2 is 2.38 bits per heavy atom. The summed E-state index contributed by atoms with van der Waals surface area (Å²) in [4.78, 5) is 20.4. The van der Waals surface area contributed by atoms with Crippen molar-refractivity contribution in [3.63, 3.8) is 0 Å². The smallest absolute Gasteiger partial charge is 0.320 e. The van der Waals surface area contributed by atoms with E-state index in [1.165, 1.54) is 12.2 Å². The molecular formula is C9H12N2O5. The standard InChI is InChI=1S/C9H12N2O5/c10-6(9(13)14)3-5-1-2-8(12)7(4-5)11(15)16/h1-2,5-6,12H,3-4,10H2,(H,13,14)/t5?,6-/m0/s1. The van der Waals surface area contributed by atoms with Gasteiger partial charge in [-0.2, -0.15) is 0 Å². The maximum absolute atomic E-state index is 10.5. The lowest BCUT2D eigenvalue weighted by Gasteiger charge is -2.16. The van der Waals surface area contributed by atoms with Gasteiger partial charge in [0.05, 0.1) is 4.92 Å². The van der Waals surface area contributed by atoms with E-state index in [9.17, 15) is 20.0 Å². The lowest BCUT2D eigenvalue weighted by Crippen LogP contribution is -2.32. The molecule has 88 valence electrons. The van der Waals surface area contributed by atoms with Crippen LogP contribution in [0.25, 0.3) is 0 Å². The van der Waals surface area contributed by atoms with Gasteiger partial charge in [-0.05, 0) is 18.4 Å². The minimum absolute atomic E-state index is 0.00366. The van der Waals surface area contributed by atoms with E-state index in [1.54, 1.807) is 0 Å². The first-order valence-corrected chi connectivity index (χ1v) is 4.65. The molecule has 2 atom stereocenters. The largest absolute Gasteiger partial charge is 0.502 e. The van der Waals surface area contributed by atoms with Crippen LogP contribution in [0.15, 0.2) is 23.6 Å².